The molecule has 0 spiro atoms. The molecule has 4 rings (SSSR count). The summed E-state index contributed by atoms with van der Waals surface area (Å²) in [6.07, 6.45) is 0.161. The first kappa shape index (κ1) is 22.9. The van der Waals surface area contributed by atoms with E-state index in [4.69, 9.17) is 0 Å². The molecule has 2 aliphatic rings. The standard InChI is InChI=1S/C22H27N3O5S2/c26-22(23-21-9-5-4-8-20(21)18-6-2-1-3-7-18)16-24-11-13-25(14-12-24)32(29,30)19-10-15-31(27,28)17-19/h1-9,19H,10-17H2,(H,23,26)/t19-/m1/s1. The Morgan fingerprint density at radius 1 is 0.969 bits per heavy atom. The molecule has 10 heteroatoms. The molecule has 1 amide bonds. The normalized spacial score (nSPS) is 21.9. The van der Waals surface area contributed by atoms with E-state index in [1.807, 2.05) is 59.5 Å². The van der Waals surface area contributed by atoms with Crippen LogP contribution >= 0.6 is 0 Å². The Morgan fingerprint density at radius 2 is 1.62 bits per heavy atom. The fourth-order valence-electron chi connectivity index (χ4n) is 4.20. The predicted octanol–water partition coefficient (Wildman–Crippen LogP) is 1.43. The van der Waals surface area contributed by atoms with Gasteiger partial charge in [-0.05, 0) is 18.1 Å². The SMILES string of the molecule is O=C(CN1CCN(S(=O)(=O)[C@@H]2CCS(=O)(=O)C2)CC1)Nc1ccccc1-c1ccccc1. The maximum Gasteiger partial charge on any atom is 0.238 e. The minimum absolute atomic E-state index is 0.0680. The highest BCUT2D eigenvalue weighted by Gasteiger charge is 2.41. The lowest BCUT2D eigenvalue weighted by molar-refractivity contribution is -0.117. The zero-order valence-corrected chi connectivity index (χ0v) is 19.3. The van der Waals surface area contributed by atoms with Crippen LogP contribution in [0, 0.1) is 0 Å². The van der Waals surface area contributed by atoms with E-state index in [1.165, 1.54) is 4.31 Å². The lowest BCUT2D eigenvalue weighted by Gasteiger charge is -2.34. The molecule has 2 fully saturated rings. The van der Waals surface area contributed by atoms with Crippen LogP contribution in [0.15, 0.2) is 54.6 Å². The van der Waals surface area contributed by atoms with Crippen LogP contribution in [-0.2, 0) is 24.7 Å². The monoisotopic (exact) mass is 477 g/mol. The largest absolute Gasteiger partial charge is 0.324 e. The predicted molar refractivity (Wildman–Crippen MR) is 124 cm³/mol. The second kappa shape index (κ2) is 9.30. The van der Waals surface area contributed by atoms with Gasteiger partial charge in [0.05, 0.1) is 23.3 Å². The van der Waals surface area contributed by atoms with Crippen LogP contribution in [0.3, 0.4) is 0 Å². The van der Waals surface area contributed by atoms with E-state index < -0.39 is 25.1 Å². The van der Waals surface area contributed by atoms with Gasteiger partial charge in [0, 0.05) is 37.4 Å². The van der Waals surface area contributed by atoms with Gasteiger partial charge in [0.1, 0.15) is 0 Å². The molecule has 2 saturated heterocycles. The number of anilines is 1. The van der Waals surface area contributed by atoms with Crippen molar-refractivity contribution in [3.8, 4) is 11.1 Å². The highest BCUT2D eigenvalue weighted by Crippen LogP contribution is 2.27. The molecule has 2 heterocycles. The van der Waals surface area contributed by atoms with Crippen LogP contribution in [0.1, 0.15) is 6.42 Å². The average Bonchev–Trinajstić information content (AvgIpc) is 3.15. The summed E-state index contributed by atoms with van der Waals surface area (Å²) in [5.41, 5.74) is 2.67. The van der Waals surface area contributed by atoms with Gasteiger partial charge in [0.15, 0.2) is 9.84 Å². The number of sulfone groups is 1. The first-order valence-electron chi connectivity index (χ1n) is 10.6. The quantitative estimate of drug-likeness (QED) is 0.675. The Balaban J connectivity index is 1.33. The van der Waals surface area contributed by atoms with Crippen LogP contribution in [-0.4, -0.2) is 81.4 Å². The van der Waals surface area contributed by atoms with E-state index in [-0.39, 0.29) is 43.5 Å². The van der Waals surface area contributed by atoms with Gasteiger partial charge in [-0.3, -0.25) is 9.69 Å². The molecule has 172 valence electrons. The first-order valence-corrected chi connectivity index (χ1v) is 13.9. The van der Waals surface area contributed by atoms with Crippen LogP contribution in [0.25, 0.3) is 11.1 Å². The van der Waals surface area contributed by atoms with Crippen molar-refractivity contribution in [1.29, 1.82) is 0 Å². The molecule has 8 nitrogen and oxygen atoms in total. The second-order valence-electron chi connectivity index (χ2n) is 8.20. The molecule has 2 aromatic carbocycles. The molecule has 0 aliphatic carbocycles. The number of amides is 1. The Hall–Kier alpha value is -2.27. The van der Waals surface area contributed by atoms with Crippen molar-refractivity contribution in [2.75, 3.05) is 49.5 Å². The van der Waals surface area contributed by atoms with Gasteiger partial charge in [-0.2, -0.15) is 4.31 Å². The lowest BCUT2D eigenvalue weighted by Crippen LogP contribution is -2.52. The fraction of sp³-hybridized carbons (Fsp3) is 0.409. The molecule has 0 radical (unpaired) electrons. The highest BCUT2D eigenvalue weighted by molar-refractivity contribution is 7.95. The Morgan fingerprint density at radius 3 is 2.28 bits per heavy atom. The maximum atomic E-state index is 12.8. The number of nitrogens with zero attached hydrogens (tertiary/aromatic N) is 2. The third kappa shape index (κ3) is 5.20. The molecule has 2 aromatic rings. The van der Waals surface area contributed by atoms with Crippen molar-refractivity contribution in [3.63, 3.8) is 0 Å². The molecule has 0 unspecified atom stereocenters. The van der Waals surface area contributed by atoms with Crippen molar-refractivity contribution in [1.82, 2.24) is 9.21 Å². The molecule has 1 N–H and O–H groups in total. The summed E-state index contributed by atoms with van der Waals surface area (Å²) < 4.78 is 50.3. The summed E-state index contributed by atoms with van der Waals surface area (Å²) >= 11 is 0. The van der Waals surface area contributed by atoms with Gasteiger partial charge in [-0.25, -0.2) is 16.8 Å². The molecule has 1 atom stereocenters. The van der Waals surface area contributed by atoms with Crippen molar-refractivity contribution in [2.24, 2.45) is 0 Å². The van der Waals surface area contributed by atoms with Crippen molar-refractivity contribution in [2.45, 2.75) is 11.7 Å². The third-order valence-corrected chi connectivity index (χ3v) is 10.3. The van der Waals surface area contributed by atoms with E-state index in [1.54, 1.807) is 0 Å². The number of para-hydroxylation sites is 1. The summed E-state index contributed by atoms with van der Waals surface area (Å²) in [5.74, 6) is -0.521. The number of hydrogen-bond donors (Lipinski definition) is 1. The minimum Gasteiger partial charge on any atom is -0.324 e. The van der Waals surface area contributed by atoms with Gasteiger partial charge in [-0.15, -0.1) is 0 Å². The maximum absolute atomic E-state index is 12.8. The number of rotatable bonds is 6. The van der Waals surface area contributed by atoms with E-state index in [2.05, 4.69) is 5.32 Å². The summed E-state index contributed by atoms with van der Waals surface area (Å²) in [7, 11) is -6.91. The number of sulfonamides is 1. The summed E-state index contributed by atoms with van der Waals surface area (Å²) in [4.78, 5) is 14.6. The number of carbonyl (C=O) groups excluding carboxylic acids is 1. The van der Waals surface area contributed by atoms with Crippen LogP contribution in [0.4, 0.5) is 5.69 Å². The number of hydrogen-bond acceptors (Lipinski definition) is 6. The van der Waals surface area contributed by atoms with Crippen molar-refractivity contribution >= 4 is 31.5 Å². The second-order valence-corrected chi connectivity index (χ2v) is 12.6. The van der Waals surface area contributed by atoms with Gasteiger partial charge in [0.25, 0.3) is 0 Å². The molecule has 0 bridgehead atoms. The van der Waals surface area contributed by atoms with Gasteiger partial charge < -0.3 is 5.32 Å². The zero-order chi connectivity index (χ0) is 22.8. The topological polar surface area (TPSA) is 104 Å². The van der Waals surface area contributed by atoms with Crippen molar-refractivity contribution < 1.29 is 21.6 Å². The van der Waals surface area contributed by atoms with Crippen LogP contribution in [0.5, 0.6) is 0 Å². The average molecular weight is 478 g/mol. The number of benzene rings is 2. The molecule has 2 aliphatic heterocycles. The summed E-state index contributed by atoms with van der Waals surface area (Å²) in [5, 5.41) is 2.12. The summed E-state index contributed by atoms with van der Waals surface area (Å²) in [6, 6.07) is 17.4. The van der Waals surface area contributed by atoms with Crippen molar-refractivity contribution in [3.05, 3.63) is 54.6 Å². The van der Waals surface area contributed by atoms with Crippen LogP contribution < -0.4 is 5.32 Å². The van der Waals surface area contributed by atoms with Gasteiger partial charge in [-0.1, -0.05) is 48.5 Å². The molecule has 0 saturated carbocycles. The van der Waals surface area contributed by atoms with E-state index in [0.717, 1.165) is 16.8 Å². The first-order chi connectivity index (χ1) is 15.2. The smallest absolute Gasteiger partial charge is 0.238 e. The molecular formula is C22H27N3O5S2. The number of piperazine rings is 1. The molecule has 0 aromatic heterocycles. The third-order valence-electron chi connectivity index (χ3n) is 5.96. The highest BCUT2D eigenvalue weighted by atomic mass is 32.2. The Kier molecular flexibility index (Phi) is 6.66. The Bertz CT molecular complexity index is 1180. The van der Waals surface area contributed by atoms with Gasteiger partial charge in [0.2, 0.25) is 15.9 Å². The number of nitrogens with one attached hydrogen (secondary N) is 1. The molecule has 32 heavy (non-hydrogen) atoms. The van der Waals surface area contributed by atoms with Crippen LogP contribution in [0.2, 0.25) is 0 Å². The summed E-state index contributed by atoms with van der Waals surface area (Å²) in [6.45, 7) is 1.52. The van der Waals surface area contributed by atoms with Gasteiger partial charge >= 0.3 is 0 Å². The Labute approximate surface area is 189 Å². The minimum atomic E-state index is -3.64. The zero-order valence-electron chi connectivity index (χ0n) is 17.7. The molecular weight excluding hydrogens is 450 g/mol. The van der Waals surface area contributed by atoms with E-state index >= 15 is 0 Å². The number of carbonyl (C=O) groups is 1. The van der Waals surface area contributed by atoms with E-state index in [0.29, 0.717) is 13.1 Å². The van der Waals surface area contributed by atoms with E-state index in [9.17, 15) is 21.6 Å². The lowest BCUT2D eigenvalue weighted by atomic mass is 10.0. The fourth-order valence-corrected chi connectivity index (χ4v) is 8.72.